The van der Waals surface area contributed by atoms with E-state index >= 15 is 0 Å². The van der Waals surface area contributed by atoms with Gasteiger partial charge in [-0.05, 0) is 0 Å². The van der Waals surface area contributed by atoms with Crippen molar-refractivity contribution in [2.45, 2.75) is 13.2 Å². The molecule has 2 aromatic carbocycles. The maximum atomic E-state index is 8.97. The molecule has 1 radical (unpaired) electrons. The number of hydrogen-bond donors (Lipinski definition) is 2. The fourth-order valence-electron chi connectivity index (χ4n) is 1.50. The number of hydrogen-bond acceptors (Lipinski definition) is 2. The standard InChI is InChI=1S/2C7H7O.Bi.BrH/c2*8-6-7-4-2-1-3-5-7;;/h2*2-5,8H,6H2;;1H. The van der Waals surface area contributed by atoms with Gasteiger partial charge in [0.1, 0.15) is 0 Å². The van der Waals surface area contributed by atoms with Gasteiger partial charge in [0.15, 0.2) is 0 Å². The first kappa shape index (κ1) is 15.8. The molecule has 0 amide bonds. The summed E-state index contributed by atoms with van der Waals surface area (Å²) in [5.74, 6) is 0. The Balaban J connectivity index is 0.00000162. The van der Waals surface area contributed by atoms with Gasteiger partial charge in [-0.1, -0.05) is 0 Å². The van der Waals surface area contributed by atoms with Crippen LogP contribution in [0, 0.1) is 0 Å². The fraction of sp³-hybridized carbons (Fsp3) is 0.143. The third-order valence-corrected chi connectivity index (χ3v) is 6.82. The summed E-state index contributed by atoms with van der Waals surface area (Å²) in [6.07, 6.45) is 0. The van der Waals surface area contributed by atoms with Gasteiger partial charge in [0, 0.05) is 0 Å². The monoisotopic (exact) mass is 503 g/mol. The quantitative estimate of drug-likeness (QED) is 0.609. The number of halogens is 1. The normalized spacial score (nSPS) is 9.89. The van der Waals surface area contributed by atoms with E-state index in [9.17, 15) is 0 Å². The summed E-state index contributed by atoms with van der Waals surface area (Å²) in [7, 11) is 0. The molecule has 0 saturated heterocycles. The van der Waals surface area contributed by atoms with Crippen molar-refractivity contribution < 1.29 is 10.2 Å². The first-order valence-corrected chi connectivity index (χ1v) is 8.91. The molecule has 0 spiro atoms. The molecule has 0 aliphatic heterocycles. The van der Waals surface area contributed by atoms with Gasteiger partial charge < -0.3 is 0 Å². The first-order chi connectivity index (χ1) is 8.31. The Morgan fingerprint density at radius 1 is 0.667 bits per heavy atom. The van der Waals surface area contributed by atoms with Crippen LogP contribution in [-0.2, 0) is 13.2 Å². The van der Waals surface area contributed by atoms with Gasteiger partial charge in [0.2, 0.25) is 0 Å². The van der Waals surface area contributed by atoms with E-state index in [2.05, 4.69) is 24.3 Å². The van der Waals surface area contributed by atoms with Crippen molar-refractivity contribution in [2.24, 2.45) is 0 Å². The molecule has 2 aromatic rings. The molecule has 0 saturated carbocycles. The second-order valence-corrected chi connectivity index (χ2v) is 8.65. The summed E-state index contributed by atoms with van der Waals surface area (Å²) in [6.45, 7) is 0.218. The van der Waals surface area contributed by atoms with E-state index in [1.54, 1.807) is 0 Å². The zero-order valence-corrected chi connectivity index (χ0v) is 15.0. The minimum absolute atomic E-state index is 0. The van der Waals surface area contributed by atoms with Gasteiger partial charge >= 0.3 is 113 Å². The molecule has 0 unspecified atom stereocenters. The molecule has 0 aromatic heterocycles. The summed E-state index contributed by atoms with van der Waals surface area (Å²) >= 11 is -0.840. The Morgan fingerprint density at radius 3 is 1.28 bits per heavy atom. The van der Waals surface area contributed by atoms with Crippen LogP contribution in [-0.4, -0.2) is 33.4 Å². The van der Waals surface area contributed by atoms with Gasteiger partial charge in [-0.2, -0.15) is 0 Å². The van der Waals surface area contributed by atoms with Crippen LogP contribution in [0.15, 0.2) is 48.5 Å². The molecule has 95 valence electrons. The molecule has 2 nitrogen and oxygen atoms in total. The van der Waals surface area contributed by atoms with E-state index in [4.69, 9.17) is 10.2 Å². The summed E-state index contributed by atoms with van der Waals surface area (Å²) in [4.78, 5) is 0. The molecule has 2 N–H and O–H groups in total. The Bertz CT molecular complexity index is 423. The number of aliphatic hydroxyl groups excluding tert-OH is 2. The molecule has 0 fully saturated rings. The van der Waals surface area contributed by atoms with E-state index in [1.165, 1.54) is 6.54 Å². The van der Waals surface area contributed by atoms with Crippen molar-refractivity contribution in [3.8, 4) is 0 Å². The molecule has 0 atom stereocenters. The van der Waals surface area contributed by atoms with E-state index in [-0.39, 0.29) is 30.2 Å². The molecule has 4 heteroatoms. The van der Waals surface area contributed by atoms with Crippen molar-refractivity contribution >= 4 is 46.8 Å². The van der Waals surface area contributed by atoms with E-state index < -0.39 is 23.2 Å². The predicted octanol–water partition coefficient (Wildman–Crippen LogP) is 0.904. The SMILES string of the molecule is Br.OCc1cc[c]([Bi][c]2ccc(CO)cc2)cc1. The summed E-state index contributed by atoms with van der Waals surface area (Å²) in [5, 5.41) is 17.9. The molecule has 0 heterocycles. The molecule has 0 aliphatic rings. The molecule has 18 heavy (non-hydrogen) atoms. The van der Waals surface area contributed by atoms with Gasteiger partial charge in [0.05, 0.1) is 0 Å². The van der Waals surface area contributed by atoms with Gasteiger partial charge in [-0.3, -0.25) is 0 Å². The zero-order chi connectivity index (χ0) is 12.1. The topological polar surface area (TPSA) is 40.5 Å². The van der Waals surface area contributed by atoms with Gasteiger partial charge in [0.25, 0.3) is 0 Å². The van der Waals surface area contributed by atoms with Crippen molar-refractivity contribution in [3.05, 3.63) is 59.7 Å². The van der Waals surface area contributed by atoms with E-state index in [1.807, 2.05) is 24.3 Å². The Labute approximate surface area is 129 Å². The van der Waals surface area contributed by atoms with Crippen molar-refractivity contribution in [3.63, 3.8) is 0 Å². The average Bonchev–Trinajstić information content (AvgIpc) is 2.40. The minimum atomic E-state index is -0.840. The van der Waals surface area contributed by atoms with Crippen LogP contribution in [0.4, 0.5) is 0 Å². The molecular formula is C14H15BiBrO2. The first-order valence-electron chi connectivity index (χ1n) is 5.43. The van der Waals surface area contributed by atoms with E-state index in [0.29, 0.717) is 0 Å². The molecule has 0 bridgehead atoms. The molecular weight excluding hydrogens is 489 g/mol. The molecule has 2 rings (SSSR count). The zero-order valence-electron chi connectivity index (χ0n) is 9.78. The summed E-state index contributed by atoms with van der Waals surface area (Å²) in [6, 6.07) is 16.4. The van der Waals surface area contributed by atoms with Crippen molar-refractivity contribution in [2.75, 3.05) is 0 Å². The van der Waals surface area contributed by atoms with Crippen LogP contribution < -0.4 is 6.54 Å². The maximum absolute atomic E-state index is 8.97. The third kappa shape index (κ3) is 4.43. The van der Waals surface area contributed by atoms with Gasteiger partial charge in [-0.25, -0.2) is 0 Å². The fourth-order valence-corrected chi connectivity index (χ4v) is 4.98. The van der Waals surface area contributed by atoms with Gasteiger partial charge in [-0.15, -0.1) is 17.0 Å². The van der Waals surface area contributed by atoms with Crippen LogP contribution in [0.5, 0.6) is 0 Å². The summed E-state index contributed by atoms with van der Waals surface area (Å²) < 4.78 is 2.80. The van der Waals surface area contributed by atoms with Crippen molar-refractivity contribution in [1.82, 2.24) is 0 Å². The second-order valence-electron chi connectivity index (χ2n) is 3.76. The van der Waals surface area contributed by atoms with Crippen LogP contribution in [0.25, 0.3) is 0 Å². The van der Waals surface area contributed by atoms with Crippen LogP contribution >= 0.6 is 17.0 Å². The number of benzene rings is 2. The Hall–Kier alpha value is -0.277. The number of rotatable bonds is 4. The van der Waals surface area contributed by atoms with Crippen LogP contribution in [0.2, 0.25) is 0 Å². The predicted molar refractivity (Wildman–Crippen MR) is 80.1 cm³/mol. The van der Waals surface area contributed by atoms with Crippen LogP contribution in [0.1, 0.15) is 11.1 Å². The second kappa shape index (κ2) is 8.01. The third-order valence-electron chi connectivity index (χ3n) is 2.50. The molecule has 0 aliphatic carbocycles. The van der Waals surface area contributed by atoms with Crippen molar-refractivity contribution in [1.29, 1.82) is 0 Å². The number of aliphatic hydroxyl groups is 2. The Kier molecular flexibility index (Phi) is 7.02. The summed E-state index contributed by atoms with van der Waals surface area (Å²) in [5.41, 5.74) is 1.93. The van der Waals surface area contributed by atoms with Crippen LogP contribution in [0.3, 0.4) is 0 Å². The Morgan fingerprint density at radius 2 is 1.00 bits per heavy atom. The van der Waals surface area contributed by atoms with E-state index in [0.717, 1.165) is 11.1 Å². The average molecular weight is 504 g/mol.